The summed E-state index contributed by atoms with van der Waals surface area (Å²) < 4.78 is 10.5. The largest absolute Gasteiger partial charge is 0.493 e. The average Bonchev–Trinajstić information content (AvgIpc) is 3.30. The Bertz CT molecular complexity index is 757. The lowest BCUT2D eigenvalue weighted by molar-refractivity contribution is -0.129. The lowest BCUT2D eigenvalue weighted by atomic mass is 10.1. The summed E-state index contributed by atoms with van der Waals surface area (Å²) in [5.74, 6) is -1.48. The maximum absolute atomic E-state index is 12.7. The first kappa shape index (κ1) is 19.0. The van der Waals surface area contributed by atoms with Crippen molar-refractivity contribution in [3.63, 3.8) is 0 Å². The normalized spacial score (nSPS) is 20.0. The number of amides is 2. The van der Waals surface area contributed by atoms with Crippen LogP contribution in [0.15, 0.2) is 12.1 Å². The van der Waals surface area contributed by atoms with Gasteiger partial charge in [-0.2, -0.15) is 0 Å². The second kappa shape index (κ2) is 7.85. The predicted octanol–water partition coefficient (Wildman–Crippen LogP) is 2.13. The minimum atomic E-state index is -1.14. The van der Waals surface area contributed by atoms with Gasteiger partial charge in [0.05, 0.1) is 31.4 Å². The molecule has 1 aromatic rings. The van der Waals surface area contributed by atoms with Crippen LogP contribution in [0.2, 0.25) is 0 Å². The summed E-state index contributed by atoms with van der Waals surface area (Å²) in [6, 6.07) is 2.89. The van der Waals surface area contributed by atoms with Crippen molar-refractivity contribution in [1.29, 1.82) is 0 Å². The Morgan fingerprint density at radius 3 is 2.48 bits per heavy atom. The molecule has 1 heterocycles. The molecule has 3 rings (SSSR count). The van der Waals surface area contributed by atoms with Gasteiger partial charge in [-0.05, 0) is 25.0 Å². The van der Waals surface area contributed by atoms with Gasteiger partial charge in [0, 0.05) is 19.0 Å². The van der Waals surface area contributed by atoms with Crippen LogP contribution in [0.5, 0.6) is 11.5 Å². The molecule has 2 amide bonds. The molecule has 1 saturated heterocycles. The molecule has 2 fully saturated rings. The van der Waals surface area contributed by atoms with Crippen molar-refractivity contribution >= 4 is 23.5 Å². The van der Waals surface area contributed by atoms with E-state index in [1.54, 1.807) is 0 Å². The Morgan fingerprint density at radius 2 is 1.89 bits per heavy atom. The monoisotopic (exact) mass is 376 g/mol. The molecule has 0 radical (unpaired) electrons. The first-order valence-electron chi connectivity index (χ1n) is 9.04. The van der Waals surface area contributed by atoms with Crippen molar-refractivity contribution in [1.82, 2.24) is 4.90 Å². The summed E-state index contributed by atoms with van der Waals surface area (Å²) in [6.45, 7) is 0.396. The van der Waals surface area contributed by atoms with Crippen molar-refractivity contribution in [2.75, 3.05) is 26.1 Å². The number of methoxy groups -OCH3 is 2. The van der Waals surface area contributed by atoms with Crippen LogP contribution in [-0.2, 0) is 9.59 Å². The summed E-state index contributed by atoms with van der Waals surface area (Å²) in [7, 11) is 2.80. The summed E-state index contributed by atoms with van der Waals surface area (Å²) in [4.78, 5) is 38.2. The van der Waals surface area contributed by atoms with Crippen LogP contribution in [-0.4, -0.2) is 54.6 Å². The summed E-state index contributed by atoms with van der Waals surface area (Å²) in [5, 5.41) is 12.0. The number of nitrogens with one attached hydrogen (secondary N) is 1. The standard InChI is InChI=1S/C19H24N2O6/c1-26-15-8-11(19(24)25)7-14(17(15)27-2)20-18(23)12-9-16(22)21(10-12)13-5-3-4-6-13/h7-8,12-13H,3-6,9-10H2,1-2H3,(H,20,23)(H,24,25). The Hall–Kier alpha value is -2.77. The number of carboxylic acid groups (broad SMARTS) is 1. The Labute approximate surface area is 157 Å². The SMILES string of the molecule is COc1cc(C(=O)O)cc(NC(=O)C2CC(=O)N(C3CCCC3)C2)c1OC. The number of nitrogens with zero attached hydrogens (tertiary/aromatic N) is 1. The molecule has 27 heavy (non-hydrogen) atoms. The molecule has 8 heteroatoms. The molecule has 0 spiro atoms. The highest BCUT2D eigenvalue weighted by Crippen LogP contribution is 2.37. The second-order valence-electron chi connectivity index (χ2n) is 6.94. The number of carbonyl (C=O) groups excluding carboxylic acids is 2. The van der Waals surface area contributed by atoms with Gasteiger partial charge < -0.3 is 24.8 Å². The van der Waals surface area contributed by atoms with E-state index >= 15 is 0 Å². The number of hydrogen-bond donors (Lipinski definition) is 2. The minimum absolute atomic E-state index is 0.00545. The van der Waals surface area contributed by atoms with Crippen LogP contribution >= 0.6 is 0 Å². The Kier molecular flexibility index (Phi) is 5.53. The molecule has 1 saturated carbocycles. The maximum atomic E-state index is 12.7. The number of aromatic carboxylic acids is 1. The predicted molar refractivity (Wildman–Crippen MR) is 97.2 cm³/mol. The van der Waals surface area contributed by atoms with Gasteiger partial charge in [0.25, 0.3) is 0 Å². The van der Waals surface area contributed by atoms with Crippen molar-refractivity contribution in [2.24, 2.45) is 5.92 Å². The first-order chi connectivity index (χ1) is 12.9. The number of benzene rings is 1. The molecule has 1 aliphatic heterocycles. The molecule has 2 N–H and O–H groups in total. The molecule has 2 aliphatic rings. The highest BCUT2D eigenvalue weighted by atomic mass is 16.5. The zero-order valence-electron chi connectivity index (χ0n) is 15.5. The van der Waals surface area contributed by atoms with E-state index in [1.807, 2.05) is 4.90 Å². The van der Waals surface area contributed by atoms with E-state index in [9.17, 15) is 19.5 Å². The number of carboxylic acids is 1. The fourth-order valence-corrected chi connectivity index (χ4v) is 3.89. The van der Waals surface area contributed by atoms with Crippen molar-refractivity contribution in [2.45, 2.75) is 38.1 Å². The molecule has 8 nitrogen and oxygen atoms in total. The average molecular weight is 376 g/mol. The number of ether oxygens (including phenoxy) is 2. The van der Waals surface area contributed by atoms with Crippen LogP contribution in [0.1, 0.15) is 42.5 Å². The van der Waals surface area contributed by atoms with Crippen molar-refractivity contribution in [3.8, 4) is 11.5 Å². The number of anilines is 1. The van der Waals surface area contributed by atoms with E-state index in [2.05, 4.69) is 5.32 Å². The van der Waals surface area contributed by atoms with Gasteiger partial charge in [0.15, 0.2) is 11.5 Å². The van der Waals surface area contributed by atoms with Crippen LogP contribution in [0, 0.1) is 5.92 Å². The van der Waals surface area contributed by atoms with Crippen molar-refractivity contribution < 1.29 is 29.0 Å². The lowest BCUT2D eigenvalue weighted by Gasteiger charge is -2.24. The third-order valence-corrected chi connectivity index (χ3v) is 5.28. The topological polar surface area (TPSA) is 105 Å². The molecule has 0 aromatic heterocycles. The zero-order chi connectivity index (χ0) is 19.6. The van der Waals surface area contributed by atoms with Gasteiger partial charge in [-0.3, -0.25) is 9.59 Å². The Morgan fingerprint density at radius 1 is 1.19 bits per heavy atom. The summed E-state index contributed by atoms with van der Waals surface area (Å²) in [6.07, 6.45) is 4.38. The maximum Gasteiger partial charge on any atom is 0.335 e. The lowest BCUT2D eigenvalue weighted by Crippen LogP contribution is -2.35. The first-order valence-corrected chi connectivity index (χ1v) is 9.04. The summed E-state index contributed by atoms with van der Waals surface area (Å²) >= 11 is 0. The molecular weight excluding hydrogens is 352 g/mol. The summed E-state index contributed by atoms with van der Waals surface area (Å²) in [5.41, 5.74) is 0.184. The molecule has 1 unspecified atom stereocenters. The number of rotatable bonds is 6. The van der Waals surface area contributed by atoms with E-state index in [0.29, 0.717) is 6.54 Å². The molecule has 0 bridgehead atoms. The van der Waals surface area contributed by atoms with Gasteiger partial charge in [0.1, 0.15) is 0 Å². The van der Waals surface area contributed by atoms with E-state index in [4.69, 9.17) is 9.47 Å². The van der Waals surface area contributed by atoms with E-state index in [0.717, 1.165) is 25.7 Å². The molecule has 146 valence electrons. The highest BCUT2D eigenvalue weighted by Gasteiger charge is 2.39. The van der Waals surface area contributed by atoms with Gasteiger partial charge in [-0.15, -0.1) is 0 Å². The fourth-order valence-electron chi connectivity index (χ4n) is 3.89. The van der Waals surface area contributed by atoms with E-state index in [-0.39, 0.29) is 47.0 Å². The molecular formula is C19H24N2O6. The Balaban J connectivity index is 1.78. The third kappa shape index (κ3) is 3.84. The van der Waals surface area contributed by atoms with Crippen LogP contribution < -0.4 is 14.8 Å². The van der Waals surface area contributed by atoms with E-state index in [1.165, 1.54) is 26.4 Å². The smallest absolute Gasteiger partial charge is 0.335 e. The third-order valence-electron chi connectivity index (χ3n) is 5.28. The van der Waals surface area contributed by atoms with Crippen LogP contribution in [0.4, 0.5) is 5.69 Å². The molecule has 1 atom stereocenters. The number of likely N-dealkylation sites (tertiary alicyclic amines) is 1. The van der Waals surface area contributed by atoms with E-state index < -0.39 is 11.9 Å². The molecule has 1 aromatic carbocycles. The van der Waals surface area contributed by atoms with Crippen LogP contribution in [0.3, 0.4) is 0 Å². The molecule has 1 aliphatic carbocycles. The van der Waals surface area contributed by atoms with Gasteiger partial charge in [-0.1, -0.05) is 12.8 Å². The second-order valence-corrected chi connectivity index (χ2v) is 6.94. The van der Waals surface area contributed by atoms with Crippen LogP contribution in [0.25, 0.3) is 0 Å². The fraction of sp³-hybridized carbons (Fsp3) is 0.526. The van der Waals surface area contributed by atoms with Gasteiger partial charge in [-0.25, -0.2) is 4.79 Å². The van der Waals surface area contributed by atoms with Crippen molar-refractivity contribution in [3.05, 3.63) is 17.7 Å². The van der Waals surface area contributed by atoms with Gasteiger partial charge in [0.2, 0.25) is 11.8 Å². The van der Waals surface area contributed by atoms with Gasteiger partial charge >= 0.3 is 5.97 Å². The zero-order valence-corrected chi connectivity index (χ0v) is 15.5. The number of hydrogen-bond acceptors (Lipinski definition) is 5. The highest BCUT2D eigenvalue weighted by molar-refractivity contribution is 6.00. The minimum Gasteiger partial charge on any atom is -0.493 e. The number of carbonyl (C=O) groups is 3. The quantitative estimate of drug-likeness (QED) is 0.788.